The summed E-state index contributed by atoms with van der Waals surface area (Å²) < 4.78 is 65.8. The van der Waals surface area contributed by atoms with Crippen molar-refractivity contribution in [1.29, 1.82) is 0 Å². The van der Waals surface area contributed by atoms with Gasteiger partial charge in [0.1, 0.15) is 16.7 Å². The van der Waals surface area contributed by atoms with E-state index in [1.165, 1.54) is 17.8 Å². The molecule has 0 atom stereocenters. The number of aromatic nitrogens is 1. The van der Waals surface area contributed by atoms with E-state index in [4.69, 9.17) is 0 Å². The summed E-state index contributed by atoms with van der Waals surface area (Å²) in [5.41, 5.74) is 0.270. The molecule has 1 aromatic heterocycles. The number of halogens is 5. The normalized spacial score (nSPS) is 11.7. The molecule has 0 spiro atoms. The van der Waals surface area contributed by atoms with Gasteiger partial charge in [-0.3, -0.25) is 4.79 Å². The van der Waals surface area contributed by atoms with Gasteiger partial charge in [0.2, 0.25) is 0 Å². The number of pyridine rings is 1. The van der Waals surface area contributed by atoms with Crippen LogP contribution in [-0.4, -0.2) is 16.6 Å². The molecule has 0 fully saturated rings. The number of nitrogens with one attached hydrogen (secondary N) is 1. The van der Waals surface area contributed by atoms with Crippen molar-refractivity contribution in [2.24, 2.45) is 0 Å². The summed E-state index contributed by atoms with van der Waals surface area (Å²) in [6.07, 6.45) is -4.50. The van der Waals surface area contributed by atoms with Crippen LogP contribution >= 0.6 is 11.8 Å². The van der Waals surface area contributed by atoms with E-state index in [-0.39, 0.29) is 23.2 Å². The van der Waals surface area contributed by atoms with Crippen LogP contribution in [0.1, 0.15) is 34.0 Å². The van der Waals surface area contributed by atoms with Gasteiger partial charge in [0.15, 0.2) is 0 Å². The Labute approximate surface area is 173 Å². The van der Waals surface area contributed by atoms with E-state index in [0.29, 0.717) is 21.7 Å². The second kappa shape index (κ2) is 8.59. The van der Waals surface area contributed by atoms with Gasteiger partial charge in [-0.2, -0.15) is 13.2 Å². The number of hydrogen-bond acceptors (Lipinski definition) is 3. The summed E-state index contributed by atoms with van der Waals surface area (Å²) in [5.74, 6) is -1.50. The molecule has 1 heterocycles. The molecule has 3 nitrogen and oxygen atoms in total. The summed E-state index contributed by atoms with van der Waals surface area (Å²) >= 11 is 1.23. The first kappa shape index (κ1) is 22.0. The highest BCUT2D eigenvalue weighted by atomic mass is 32.2. The fraction of sp³-hybridized carbons (Fsp3) is 0.238. The monoisotopic (exact) mass is 440 g/mol. The highest BCUT2D eigenvalue weighted by Crippen LogP contribution is 2.34. The van der Waals surface area contributed by atoms with E-state index in [9.17, 15) is 26.7 Å². The standard InChI is InChI=1S/C21H17F5N2OS/c1-3-30-20-18(19(29)27-10-12-6-14(22)9-15(23)7-12)11(2)16-5-4-13(21(24,25)26)8-17(16)28-20/h4-9H,3,10H2,1-2H3,(H,27,29). The van der Waals surface area contributed by atoms with Crippen LogP contribution in [0.2, 0.25) is 0 Å². The van der Waals surface area contributed by atoms with Crippen LogP contribution in [0.15, 0.2) is 41.4 Å². The van der Waals surface area contributed by atoms with E-state index < -0.39 is 29.3 Å². The molecule has 0 aliphatic rings. The zero-order valence-electron chi connectivity index (χ0n) is 16.0. The molecular weight excluding hydrogens is 423 g/mol. The summed E-state index contributed by atoms with van der Waals surface area (Å²) in [7, 11) is 0. The Hall–Kier alpha value is -2.68. The lowest BCUT2D eigenvalue weighted by Gasteiger charge is -2.15. The Morgan fingerprint density at radius 1 is 1.10 bits per heavy atom. The molecule has 1 amide bonds. The highest BCUT2D eigenvalue weighted by Gasteiger charge is 2.31. The van der Waals surface area contributed by atoms with E-state index in [1.807, 2.05) is 6.92 Å². The molecule has 2 aromatic carbocycles. The average molecular weight is 440 g/mol. The summed E-state index contributed by atoms with van der Waals surface area (Å²) in [4.78, 5) is 17.1. The van der Waals surface area contributed by atoms with Gasteiger partial charge in [-0.15, -0.1) is 11.8 Å². The second-order valence-corrected chi connectivity index (χ2v) is 7.79. The molecule has 0 aliphatic carbocycles. The minimum Gasteiger partial charge on any atom is -0.348 e. The molecule has 158 valence electrons. The molecule has 3 aromatic rings. The van der Waals surface area contributed by atoms with Crippen molar-refractivity contribution >= 4 is 28.6 Å². The molecule has 0 radical (unpaired) electrons. The number of amides is 1. The van der Waals surface area contributed by atoms with Crippen molar-refractivity contribution in [3.63, 3.8) is 0 Å². The number of aryl methyl sites for hydroxylation is 1. The molecule has 1 N–H and O–H groups in total. The zero-order chi connectivity index (χ0) is 22.1. The Bertz CT molecular complexity index is 1090. The predicted octanol–water partition coefficient (Wildman–Crippen LogP) is 5.88. The molecule has 3 rings (SSSR count). The van der Waals surface area contributed by atoms with Crippen molar-refractivity contribution in [3.05, 3.63) is 70.3 Å². The fourth-order valence-electron chi connectivity index (χ4n) is 3.07. The molecule has 0 bridgehead atoms. The Morgan fingerprint density at radius 3 is 2.37 bits per heavy atom. The van der Waals surface area contributed by atoms with Gasteiger partial charge in [0.05, 0.1) is 16.6 Å². The van der Waals surface area contributed by atoms with Crippen LogP contribution in [0.5, 0.6) is 0 Å². The lowest BCUT2D eigenvalue weighted by Crippen LogP contribution is -2.25. The smallest absolute Gasteiger partial charge is 0.348 e. The van der Waals surface area contributed by atoms with E-state index in [1.54, 1.807) is 6.92 Å². The van der Waals surface area contributed by atoms with Crippen LogP contribution in [-0.2, 0) is 12.7 Å². The van der Waals surface area contributed by atoms with E-state index >= 15 is 0 Å². The van der Waals surface area contributed by atoms with E-state index in [2.05, 4.69) is 10.3 Å². The van der Waals surface area contributed by atoms with Crippen LogP contribution in [0, 0.1) is 18.6 Å². The molecule has 0 saturated heterocycles. The number of fused-ring (bicyclic) bond motifs is 1. The summed E-state index contributed by atoms with van der Waals surface area (Å²) in [6.45, 7) is 3.34. The van der Waals surface area contributed by atoms with Crippen molar-refractivity contribution in [1.82, 2.24) is 10.3 Å². The van der Waals surface area contributed by atoms with Crippen molar-refractivity contribution in [2.45, 2.75) is 31.6 Å². The third-order valence-corrected chi connectivity index (χ3v) is 5.28. The number of benzene rings is 2. The number of carbonyl (C=O) groups is 1. The molecule has 9 heteroatoms. The second-order valence-electron chi connectivity index (χ2n) is 6.54. The van der Waals surface area contributed by atoms with Gasteiger partial charge in [-0.05, 0) is 48.1 Å². The zero-order valence-corrected chi connectivity index (χ0v) is 16.8. The topological polar surface area (TPSA) is 42.0 Å². The Kier molecular flexibility index (Phi) is 6.30. The van der Waals surface area contributed by atoms with Crippen LogP contribution in [0.25, 0.3) is 10.9 Å². The molecule has 30 heavy (non-hydrogen) atoms. The first-order valence-corrected chi connectivity index (χ1v) is 9.96. The maximum atomic E-state index is 13.3. The van der Waals surface area contributed by atoms with Gasteiger partial charge in [0, 0.05) is 18.0 Å². The van der Waals surface area contributed by atoms with Crippen molar-refractivity contribution in [2.75, 3.05) is 5.75 Å². The van der Waals surface area contributed by atoms with Gasteiger partial charge >= 0.3 is 6.18 Å². The minimum absolute atomic E-state index is 0.117. The van der Waals surface area contributed by atoms with Crippen LogP contribution in [0.3, 0.4) is 0 Å². The highest BCUT2D eigenvalue weighted by molar-refractivity contribution is 7.99. The average Bonchev–Trinajstić information content (AvgIpc) is 2.65. The number of alkyl halides is 3. The first-order chi connectivity index (χ1) is 14.1. The third-order valence-electron chi connectivity index (χ3n) is 4.42. The molecule has 0 unspecified atom stereocenters. The Balaban J connectivity index is 1.99. The molecular formula is C21H17F5N2OS. The van der Waals surface area contributed by atoms with Crippen LogP contribution < -0.4 is 5.32 Å². The molecule has 0 aliphatic heterocycles. The molecule has 0 saturated carbocycles. The number of nitrogens with zero attached hydrogens (tertiary/aromatic N) is 1. The first-order valence-electron chi connectivity index (χ1n) is 8.97. The Morgan fingerprint density at radius 2 is 1.77 bits per heavy atom. The maximum Gasteiger partial charge on any atom is 0.416 e. The third kappa shape index (κ3) is 4.72. The summed E-state index contributed by atoms with van der Waals surface area (Å²) in [6, 6.07) is 6.14. The lowest BCUT2D eigenvalue weighted by molar-refractivity contribution is -0.137. The largest absolute Gasteiger partial charge is 0.416 e. The number of hydrogen-bond donors (Lipinski definition) is 1. The number of rotatable bonds is 5. The minimum atomic E-state index is -4.50. The van der Waals surface area contributed by atoms with Gasteiger partial charge in [0.25, 0.3) is 5.91 Å². The van der Waals surface area contributed by atoms with Gasteiger partial charge < -0.3 is 5.32 Å². The van der Waals surface area contributed by atoms with Gasteiger partial charge in [-0.1, -0.05) is 13.0 Å². The quantitative estimate of drug-likeness (QED) is 0.398. The lowest BCUT2D eigenvalue weighted by atomic mass is 10.0. The summed E-state index contributed by atoms with van der Waals surface area (Å²) in [5, 5.41) is 3.32. The van der Waals surface area contributed by atoms with E-state index in [0.717, 1.165) is 30.3 Å². The fourth-order valence-corrected chi connectivity index (χ4v) is 3.90. The maximum absolute atomic E-state index is 13.3. The number of carbonyl (C=O) groups excluding carboxylic acids is 1. The van der Waals surface area contributed by atoms with Crippen LogP contribution in [0.4, 0.5) is 22.0 Å². The number of thioether (sulfide) groups is 1. The predicted molar refractivity (Wildman–Crippen MR) is 105 cm³/mol. The van der Waals surface area contributed by atoms with Crippen molar-refractivity contribution in [3.8, 4) is 0 Å². The SMILES string of the molecule is CCSc1nc2cc(C(F)(F)F)ccc2c(C)c1C(=O)NCc1cc(F)cc(F)c1. The van der Waals surface area contributed by atoms with Gasteiger partial charge in [-0.25, -0.2) is 13.8 Å². The van der Waals surface area contributed by atoms with Crippen molar-refractivity contribution < 1.29 is 26.7 Å².